The van der Waals surface area contributed by atoms with Crippen LogP contribution in [0, 0.1) is 6.92 Å². The van der Waals surface area contributed by atoms with Crippen LogP contribution in [0.3, 0.4) is 0 Å². The van der Waals surface area contributed by atoms with Gasteiger partial charge in [0.1, 0.15) is 17.6 Å². The van der Waals surface area contributed by atoms with Crippen LogP contribution in [0.1, 0.15) is 39.5 Å². The Labute approximate surface area is 241 Å². The number of nitrogens with zero attached hydrogens (tertiary/aromatic N) is 2. The number of allylic oxidation sites excluding steroid dienone is 1. The molecule has 204 valence electrons. The summed E-state index contributed by atoms with van der Waals surface area (Å²) in [6.45, 7) is 3.52. The normalized spacial score (nSPS) is 15.0. The van der Waals surface area contributed by atoms with Gasteiger partial charge in [-0.15, -0.1) is 11.3 Å². The molecule has 6 rings (SSSR count). The molecular weight excluding hydrogens is 558 g/mol. The monoisotopic (exact) mass is 581 g/mol. The fourth-order valence-corrected chi connectivity index (χ4v) is 6.74. The van der Waals surface area contributed by atoms with E-state index in [1.54, 1.807) is 67.0 Å². The number of carboxylic acids is 1. The molecule has 0 saturated carbocycles. The maximum Gasteiger partial charge on any atom is 0.335 e. The molecule has 1 amide bonds. The second-order valence-corrected chi connectivity index (χ2v) is 11.4. The number of hydrogen-bond acceptors (Lipinski definition) is 7. The van der Waals surface area contributed by atoms with Gasteiger partial charge < -0.3 is 14.8 Å². The van der Waals surface area contributed by atoms with E-state index < -0.39 is 12.0 Å². The maximum absolute atomic E-state index is 13.8. The summed E-state index contributed by atoms with van der Waals surface area (Å²) in [4.78, 5) is 44.9. The summed E-state index contributed by atoms with van der Waals surface area (Å²) in [7, 11) is 0. The zero-order valence-corrected chi connectivity index (χ0v) is 23.6. The molecular formula is C31H23N3O5S2. The van der Waals surface area contributed by atoms with Gasteiger partial charge >= 0.3 is 5.97 Å². The lowest BCUT2D eigenvalue weighted by Gasteiger charge is -2.24. The lowest BCUT2D eigenvalue weighted by atomic mass is 10.0. The van der Waals surface area contributed by atoms with Crippen molar-refractivity contribution < 1.29 is 19.1 Å². The zero-order valence-electron chi connectivity index (χ0n) is 22.0. The molecule has 0 fully saturated rings. The summed E-state index contributed by atoms with van der Waals surface area (Å²) in [6, 6.07) is 20.8. The summed E-state index contributed by atoms with van der Waals surface area (Å²) >= 11 is 2.69. The summed E-state index contributed by atoms with van der Waals surface area (Å²) < 4.78 is 8.00. The zero-order chi connectivity index (χ0) is 28.7. The van der Waals surface area contributed by atoms with Gasteiger partial charge in [-0.05, 0) is 61.2 Å². The maximum atomic E-state index is 13.8. The molecule has 0 unspecified atom stereocenters. The first-order valence-electron chi connectivity index (χ1n) is 12.7. The van der Waals surface area contributed by atoms with Gasteiger partial charge in [-0.2, -0.15) is 0 Å². The number of thiophene rings is 1. The Morgan fingerprint density at radius 2 is 1.83 bits per heavy atom. The molecule has 2 N–H and O–H groups in total. The fraction of sp³-hybridized carbons (Fsp3) is 0.0968. The molecule has 1 atom stereocenters. The minimum absolute atomic E-state index is 0.199. The van der Waals surface area contributed by atoms with Crippen LogP contribution < -0.4 is 20.2 Å². The largest absolute Gasteiger partial charge is 0.478 e. The predicted octanol–water partition coefficient (Wildman–Crippen LogP) is 5.20. The second kappa shape index (κ2) is 10.6. The van der Waals surface area contributed by atoms with Crippen molar-refractivity contribution in [3.8, 4) is 11.3 Å². The van der Waals surface area contributed by atoms with Gasteiger partial charge in [0.05, 0.1) is 21.4 Å². The molecule has 0 radical (unpaired) electrons. The number of carbonyl (C=O) groups excluding carboxylic acids is 1. The van der Waals surface area contributed by atoms with Crippen molar-refractivity contribution in [2.24, 2.45) is 4.99 Å². The highest BCUT2D eigenvalue weighted by Gasteiger charge is 2.33. The van der Waals surface area contributed by atoms with E-state index in [0.717, 1.165) is 4.88 Å². The molecule has 5 aromatic rings. The number of furan rings is 1. The standard InChI is InChI=1S/C31H23N3O5S2/c1-17-21(10-6-11-22(17)30(37)38)23-14-13-20(39-23)16-25-29(36)34-27(24-12-7-15-40-24)26(18(2)32-31(34)41-25)28(35)33-19-8-4-3-5-9-19/h3-16,27H,1-2H3,(H,33,35)(H,37,38)/b25-16-/t27-/m1/s1. The third kappa shape index (κ3) is 4.88. The number of aromatic carboxylic acids is 1. The average molecular weight is 582 g/mol. The van der Waals surface area contributed by atoms with E-state index in [2.05, 4.69) is 10.3 Å². The first-order valence-corrected chi connectivity index (χ1v) is 14.4. The van der Waals surface area contributed by atoms with E-state index in [9.17, 15) is 19.5 Å². The highest BCUT2D eigenvalue weighted by Crippen LogP contribution is 2.33. The number of carboxylic acid groups (broad SMARTS) is 1. The lowest BCUT2D eigenvalue weighted by molar-refractivity contribution is -0.113. The molecule has 0 spiro atoms. The average Bonchev–Trinajstić information content (AvgIpc) is 3.70. The summed E-state index contributed by atoms with van der Waals surface area (Å²) in [5.41, 5.74) is 2.76. The SMILES string of the molecule is CC1=C(C(=O)Nc2ccccc2)[C@@H](c2cccs2)n2c(s/c(=C\c3ccc(-c4cccc(C(=O)O)c4C)o3)c2=O)=N1. The summed E-state index contributed by atoms with van der Waals surface area (Å²) in [5, 5.41) is 14.3. The lowest BCUT2D eigenvalue weighted by Crippen LogP contribution is -2.40. The number of hydrogen-bond donors (Lipinski definition) is 2. The van der Waals surface area contributed by atoms with Crippen molar-refractivity contribution in [3.63, 3.8) is 0 Å². The first kappa shape index (κ1) is 26.4. The molecule has 4 heterocycles. The molecule has 2 aromatic carbocycles. The second-order valence-electron chi connectivity index (χ2n) is 9.40. The number of anilines is 1. The number of amides is 1. The minimum atomic E-state index is -1.01. The highest BCUT2D eigenvalue weighted by molar-refractivity contribution is 7.10. The van der Waals surface area contributed by atoms with Crippen LogP contribution >= 0.6 is 22.7 Å². The molecule has 3 aromatic heterocycles. The fourth-order valence-electron chi connectivity index (χ4n) is 4.89. The van der Waals surface area contributed by atoms with Crippen molar-refractivity contribution in [1.82, 2.24) is 4.57 Å². The van der Waals surface area contributed by atoms with Crippen molar-refractivity contribution in [1.29, 1.82) is 0 Å². The Hall–Kier alpha value is -4.80. The van der Waals surface area contributed by atoms with Crippen LogP contribution in [0.5, 0.6) is 0 Å². The van der Waals surface area contributed by atoms with Crippen LogP contribution in [-0.2, 0) is 4.79 Å². The molecule has 41 heavy (non-hydrogen) atoms. The molecule has 0 bridgehead atoms. The minimum Gasteiger partial charge on any atom is -0.478 e. The van der Waals surface area contributed by atoms with E-state index in [-0.39, 0.29) is 17.0 Å². The van der Waals surface area contributed by atoms with Crippen LogP contribution in [0.4, 0.5) is 5.69 Å². The van der Waals surface area contributed by atoms with Crippen LogP contribution in [-0.4, -0.2) is 21.6 Å². The van der Waals surface area contributed by atoms with Gasteiger partial charge in [0.15, 0.2) is 4.80 Å². The molecule has 10 heteroatoms. The first-order chi connectivity index (χ1) is 19.8. The number of fused-ring (bicyclic) bond motifs is 1. The van der Waals surface area contributed by atoms with E-state index in [1.807, 2.05) is 35.7 Å². The van der Waals surface area contributed by atoms with Gasteiger partial charge in [0.25, 0.3) is 11.5 Å². The quantitative estimate of drug-likeness (QED) is 0.286. The molecule has 0 aliphatic carbocycles. The Kier molecular flexibility index (Phi) is 6.86. The summed E-state index contributed by atoms with van der Waals surface area (Å²) in [5.74, 6) is -0.392. The predicted molar refractivity (Wildman–Crippen MR) is 159 cm³/mol. The highest BCUT2D eigenvalue weighted by atomic mass is 32.1. The van der Waals surface area contributed by atoms with E-state index in [1.165, 1.54) is 22.7 Å². The molecule has 1 aliphatic rings. The van der Waals surface area contributed by atoms with E-state index in [4.69, 9.17) is 4.42 Å². The Morgan fingerprint density at radius 3 is 2.56 bits per heavy atom. The Morgan fingerprint density at radius 1 is 1.02 bits per heavy atom. The van der Waals surface area contributed by atoms with Crippen molar-refractivity contribution >= 4 is 46.3 Å². The molecule has 0 saturated heterocycles. The van der Waals surface area contributed by atoms with Crippen molar-refractivity contribution in [2.45, 2.75) is 19.9 Å². The van der Waals surface area contributed by atoms with Crippen molar-refractivity contribution in [2.75, 3.05) is 5.32 Å². The number of aromatic nitrogens is 1. The number of para-hydroxylation sites is 1. The van der Waals surface area contributed by atoms with Gasteiger partial charge in [0, 0.05) is 22.2 Å². The molecule has 1 aliphatic heterocycles. The van der Waals surface area contributed by atoms with Crippen molar-refractivity contribution in [3.05, 3.63) is 131 Å². The van der Waals surface area contributed by atoms with Crippen LogP contribution in [0.15, 0.2) is 104 Å². The van der Waals surface area contributed by atoms with Crippen LogP contribution in [0.25, 0.3) is 17.4 Å². The van der Waals surface area contributed by atoms with Gasteiger partial charge in [0.2, 0.25) is 0 Å². The topological polar surface area (TPSA) is 114 Å². The van der Waals surface area contributed by atoms with E-state index >= 15 is 0 Å². The third-order valence-electron chi connectivity index (χ3n) is 6.84. The van der Waals surface area contributed by atoms with Gasteiger partial charge in [-0.25, -0.2) is 9.79 Å². The third-order valence-corrected chi connectivity index (χ3v) is 8.75. The Bertz CT molecular complexity index is 2020. The van der Waals surface area contributed by atoms with Gasteiger partial charge in [-0.3, -0.25) is 14.2 Å². The summed E-state index contributed by atoms with van der Waals surface area (Å²) in [6.07, 6.45) is 1.65. The number of benzene rings is 2. The van der Waals surface area contributed by atoms with E-state index in [0.29, 0.717) is 48.9 Å². The number of thiazole rings is 1. The van der Waals surface area contributed by atoms with Crippen LogP contribution in [0.2, 0.25) is 0 Å². The van der Waals surface area contributed by atoms with Gasteiger partial charge in [-0.1, -0.05) is 47.7 Å². The number of rotatable bonds is 6. The smallest absolute Gasteiger partial charge is 0.335 e. The number of nitrogens with one attached hydrogen (secondary N) is 1. The number of carbonyl (C=O) groups is 2. The molecule has 8 nitrogen and oxygen atoms in total. The Balaban J connectivity index is 1.42.